The Morgan fingerprint density at radius 3 is 1.44 bits per heavy atom. The molecule has 0 amide bonds. The van der Waals surface area contributed by atoms with Gasteiger partial charge in [0.2, 0.25) is 0 Å². The van der Waals surface area contributed by atoms with Crippen LogP contribution >= 0.6 is 0 Å². The fourth-order valence-corrected chi connectivity index (χ4v) is 4.07. The molecule has 0 saturated carbocycles. The summed E-state index contributed by atoms with van der Waals surface area (Å²) in [6.45, 7) is 4.48. The van der Waals surface area contributed by atoms with Gasteiger partial charge in [-0.15, -0.1) is 0 Å². The minimum Gasteiger partial charge on any atom is -0.478 e. The zero-order chi connectivity index (χ0) is 23.4. The maximum absolute atomic E-state index is 12.6. The van der Waals surface area contributed by atoms with Crippen LogP contribution < -0.4 is 0 Å². The molecule has 4 nitrogen and oxygen atoms in total. The van der Waals surface area contributed by atoms with Crippen molar-refractivity contribution in [1.82, 2.24) is 0 Å². The van der Waals surface area contributed by atoms with Gasteiger partial charge < -0.3 is 9.84 Å². The Morgan fingerprint density at radius 1 is 0.656 bits per heavy atom. The first-order valence-corrected chi connectivity index (χ1v) is 13.1. The van der Waals surface area contributed by atoms with E-state index in [2.05, 4.69) is 13.8 Å². The zero-order valence-electron chi connectivity index (χ0n) is 20.6. The van der Waals surface area contributed by atoms with Crippen molar-refractivity contribution in [2.75, 3.05) is 0 Å². The lowest BCUT2D eigenvalue weighted by molar-refractivity contribution is 0.0248. The van der Waals surface area contributed by atoms with Crippen LogP contribution in [-0.4, -0.2) is 23.1 Å². The van der Waals surface area contributed by atoms with E-state index in [-0.39, 0.29) is 17.6 Å². The van der Waals surface area contributed by atoms with Crippen molar-refractivity contribution >= 4 is 11.9 Å². The third-order valence-corrected chi connectivity index (χ3v) is 6.15. The molecule has 1 aromatic rings. The van der Waals surface area contributed by atoms with Crippen molar-refractivity contribution in [1.29, 1.82) is 0 Å². The van der Waals surface area contributed by atoms with Gasteiger partial charge in [0.05, 0.1) is 11.1 Å². The molecule has 1 N–H and O–H groups in total. The molecule has 0 aliphatic heterocycles. The fraction of sp³-hybridized carbons (Fsp3) is 0.714. The molecular formula is C28H46O4. The number of carbonyl (C=O) groups excluding carboxylic acids is 1. The second-order valence-electron chi connectivity index (χ2n) is 9.08. The summed E-state index contributed by atoms with van der Waals surface area (Å²) in [5.41, 5.74) is 0.607. The van der Waals surface area contributed by atoms with E-state index in [1.807, 2.05) is 0 Å². The molecule has 0 fully saturated rings. The van der Waals surface area contributed by atoms with Crippen LogP contribution in [0, 0.1) is 0 Å². The normalized spacial score (nSPS) is 11.9. The summed E-state index contributed by atoms with van der Waals surface area (Å²) in [6.07, 6.45) is 20.7. The van der Waals surface area contributed by atoms with Crippen LogP contribution in [0.25, 0.3) is 0 Å². The average molecular weight is 447 g/mol. The number of hydrogen-bond donors (Lipinski definition) is 1. The third kappa shape index (κ3) is 13.5. The predicted octanol–water partition coefficient (Wildman–Crippen LogP) is 8.58. The highest BCUT2D eigenvalue weighted by molar-refractivity contribution is 5.92. The number of esters is 1. The van der Waals surface area contributed by atoms with Crippen molar-refractivity contribution in [3.05, 3.63) is 35.4 Å². The Bertz CT molecular complexity index is 608. The Hall–Kier alpha value is -1.84. The predicted molar refractivity (Wildman–Crippen MR) is 132 cm³/mol. The van der Waals surface area contributed by atoms with Crippen molar-refractivity contribution < 1.29 is 19.4 Å². The first kappa shape index (κ1) is 28.2. The first-order chi connectivity index (χ1) is 15.6. The quantitative estimate of drug-likeness (QED) is 0.161. The summed E-state index contributed by atoms with van der Waals surface area (Å²) in [7, 11) is 0. The van der Waals surface area contributed by atoms with Gasteiger partial charge >= 0.3 is 11.9 Å². The molecule has 0 aliphatic carbocycles. The number of ether oxygens (including phenoxy) is 1. The minimum absolute atomic E-state index is 0.0441. The topological polar surface area (TPSA) is 63.6 Å². The van der Waals surface area contributed by atoms with E-state index in [9.17, 15) is 9.59 Å². The Labute approximate surface area is 196 Å². The molecule has 1 unspecified atom stereocenters. The molecule has 182 valence electrons. The summed E-state index contributed by atoms with van der Waals surface area (Å²) in [5, 5.41) is 9.03. The molecule has 1 rings (SSSR count). The Balaban J connectivity index is 2.43. The van der Waals surface area contributed by atoms with Crippen molar-refractivity contribution in [3.63, 3.8) is 0 Å². The number of benzene rings is 1. The molecular weight excluding hydrogens is 400 g/mol. The summed E-state index contributed by atoms with van der Waals surface area (Å²) in [5.74, 6) is -1.33. The minimum atomic E-state index is -0.989. The van der Waals surface area contributed by atoms with E-state index in [4.69, 9.17) is 9.84 Å². The Morgan fingerprint density at radius 2 is 1.03 bits per heavy atom. The van der Waals surface area contributed by atoms with Crippen LogP contribution in [-0.2, 0) is 4.74 Å². The third-order valence-electron chi connectivity index (χ3n) is 6.15. The van der Waals surface area contributed by atoms with E-state index >= 15 is 0 Å². The van der Waals surface area contributed by atoms with Gasteiger partial charge in [-0.05, 0) is 49.9 Å². The molecule has 0 heterocycles. The van der Waals surface area contributed by atoms with Gasteiger partial charge in [-0.25, -0.2) is 9.59 Å². The van der Waals surface area contributed by atoms with Gasteiger partial charge in [-0.2, -0.15) is 0 Å². The highest BCUT2D eigenvalue weighted by Gasteiger charge is 2.16. The van der Waals surface area contributed by atoms with Gasteiger partial charge in [-0.1, -0.05) is 97.3 Å². The molecule has 1 aromatic carbocycles. The van der Waals surface area contributed by atoms with E-state index in [1.54, 1.807) is 12.1 Å². The van der Waals surface area contributed by atoms with Gasteiger partial charge in [0.25, 0.3) is 0 Å². The molecule has 0 radical (unpaired) electrons. The second-order valence-corrected chi connectivity index (χ2v) is 9.08. The van der Waals surface area contributed by atoms with E-state index in [0.717, 1.165) is 25.7 Å². The second kappa shape index (κ2) is 18.7. The number of rotatable bonds is 20. The molecule has 0 bridgehead atoms. The summed E-state index contributed by atoms with van der Waals surface area (Å²) < 4.78 is 5.86. The van der Waals surface area contributed by atoms with Gasteiger partial charge in [0, 0.05) is 0 Å². The van der Waals surface area contributed by atoms with Crippen molar-refractivity contribution in [3.8, 4) is 0 Å². The maximum atomic E-state index is 12.6. The average Bonchev–Trinajstić information content (AvgIpc) is 2.79. The van der Waals surface area contributed by atoms with E-state index in [1.165, 1.54) is 95.6 Å². The highest BCUT2D eigenvalue weighted by atomic mass is 16.5. The van der Waals surface area contributed by atoms with Gasteiger partial charge in [0.1, 0.15) is 6.10 Å². The summed E-state index contributed by atoms with van der Waals surface area (Å²) in [6, 6.07) is 6.02. The lowest BCUT2D eigenvalue weighted by atomic mass is 10.0. The highest BCUT2D eigenvalue weighted by Crippen LogP contribution is 2.19. The largest absolute Gasteiger partial charge is 0.478 e. The zero-order valence-corrected chi connectivity index (χ0v) is 20.6. The standard InChI is InChI=1S/C28H46O4/c1-3-5-7-9-11-13-15-17-19-26(18-16-14-12-10-8-6-4-2)32-28(31)25-22-20-24(21-23-25)27(29)30/h20-23,26H,3-19H2,1-2H3,(H,29,30). The molecule has 32 heavy (non-hydrogen) atoms. The summed E-state index contributed by atoms with van der Waals surface area (Å²) in [4.78, 5) is 23.6. The van der Waals surface area contributed by atoms with Crippen LogP contribution in [0.1, 0.15) is 144 Å². The SMILES string of the molecule is CCCCCCCCCCC(CCCCCCCCC)OC(=O)c1ccc(C(=O)O)cc1. The molecule has 0 spiro atoms. The Kier molecular flexibility index (Phi) is 16.5. The molecule has 0 saturated heterocycles. The lowest BCUT2D eigenvalue weighted by Crippen LogP contribution is -2.18. The number of carbonyl (C=O) groups is 2. The number of carboxylic acid groups (broad SMARTS) is 1. The molecule has 0 aliphatic rings. The smallest absolute Gasteiger partial charge is 0.338 e. The number of hydrogen-bond acceptors (Lipinski definition) is 3. The van der Waals surface area contributed by atoms with Crippen LogP contribution in [0.15, 0.2) is 24.3 Å². The monoisotopic (exact) mass is 446 g/mol. The lowest BCUT2D eigenvalue weighted by Gasteiger charge is -2.18. The van der Waals surface area contributed by atoms with Crippen LogP contribution in [0.4, 0.5) is 0 Å². The van der Waals surface area contributed by atoms with Crippen molar-refractivity contribution in [2.45, 2.75) is 129 Å². The summed E-state index contributed by atoms with van der Waals surface area (Å²) >= 11 is 0. The van der Waals surface area contributed by atoms with Crippen LogP contribution in [0.5, 0.6) is 0 Å². The van der Waals surface area contributed by atoms with Gasteiger partial charge in [0.15, 0.2) is 0 Å². The van der Waals surface area contributed by atoms with Gasteiger partial charge in [-0.3, -0.25) is 0 Å². The van der Waals surface area contributed by atoms with Crippen LogP contribution in [0.2, 0.25) is 0 Å². The molecule has 1 atom stereocenters. The van der Waals surface area contributed by atoms with Crippen LogP contribution in [0.3, 0.4) is 0 Å². The number of carboxylic acids is 1. The van der Waals surface area contributed by atoms with Crippen molar-refractivity contribution in [2.24, 2.45) is 0 Å². The number of unbranched alkanes of at least 4 members (excludes halogenated alkanes) is 13. The molecule has 0 aromatic heterocycles. The number of aromatic carboxylic acids is 1. The maximum Gasteiger partial charge on any atom is 0.338 e. The fourth-order valence-electron chi connectivity index (χ4n) is 4.07. The van der Waals surface area contributed by atoms with E-state index < -0.39 is 5.97 Å². The van der Waals surface area contributed by atoms with E-state index in [0.29, 0.717) is 5.56 Å². The molecule has 4 heteroatoms. The first-order valence-electron chi connectivity index (χ1n) is 13.1.